The summed E-state index contributed by atoms with van der Waals surface area (Å²) in [5, 5.41) is 0. The van der Waals surface area contributed by atoms with Crippen LogP contribution in [0.25, 0.3) is 0 Å². The molecule has 4 atom stereocenters. The first kappa shape index (κ1) is 4.73. The average Bonchev–Trinajstić information content (AvgIpc) is 2.01. The highest BCUT2D eigenvalue weighted by Gasteiger charge is 2.59. The van der Waals surface area contributed by atoms with Gasteiger partial charge in [-0.3, -0.25) is 0 Å². The summed E-state index contributed by atoms with van der Waals surface area (Å²) in [6, 6.07) is 1.02. The van der Waals surface area contributed by atoms with Crippen molar-refractivity contribution in [3.63, 3.8) is 0 Å². The van der Waals surface area contributed by atoms with Crippen molar-refractivity contribution in [3.8, 4) is 0 Å². The van der Waals surface area contributed by atoms with E-state index in [0.717, 1.165) is 17.9 Å². The minimum absolute atomic E-state index is 1.02. The summed E-state index contributed by atoms with van der Waals surface area (Å²) in [6.45, 7) is 1.41. The number of likely N-dealkylation sites (tertiary alicyclic amines) is 1. The predicted octanol–water partition coefficient (Wildman–Crippen LogP) is 0.956. The van der Waals surface area contributed by atoms with E-state index >= 15 is 0 Å². The van der Waals surface area contributed by atoms with Crippen LogP contribution in [0.4, 0.5) is 0 Å². The zero-order valence-corrected chi connectivity index (χ0v) is 5.88. The molecule has 0 amide bonds. The van der Waals surface area contributed by atoms with E-state index in [4.69, 9.17) is 0 Å². The van der Waals surface area contributed by atoms with E-state index in [1.54, 1.807) is 6.42 Å². The summed E-state index contributed by atoms with van der Waals surface area (Å²) in [4.78, 5) is 2.57. The second kappa shape index (κ2) is 1.20. The lowest BCUT2D eigenvalue weighted by molar-refractivity contribution is -0.0196. The molecular formula is C8H13N. The molecule has 3 rings (SSSR count). The third kappa shape index (κ3) is 0.362. The SMILES string of the molecule is CN1CC2CC3CC1[C@H]32. The molecule has 0 bridgehead atoms. The molecule has 0 N–H and O–H groups in total. The van der Waals surface area contributed by atoms with Crippen LogP contribution in [0.15, 0.2) is 0 Å². The molecule has 0 aromatic heterocycles. The standard InChI is InChI=1S/C8H13N/c1-9-4-6-2-5-3-7(9)8(5)6/h5-8H,2-4H2,1H3/t5?,6?,7?,8-/m1/s1. The van der Waals surface area contributed by atoms with Crippen LogP contribution in [-0.4, -0.2) is 24.5 Å². The fourth-order valence-electron chi connectivity index (χ4n) is 3.22. The highest BCUT2D eigenvalue weighted by molar-refractivity contribution is 5.11. The minimum Gasteiger partial charge on any atom is -0.303 e. The van der Waals surface area contributed by atoms with E-state index in [-0.39, 0.29) is 0 Å². The Bertz CT molecular complexity index is 151. The number of hydrogen-bond donors (Lipinski definition) is 0. The van der Waals surface area contributed by atoms with Crippen molar-refractivity contribution in [2.75, 3.05) is 13.6 Å². The Labute approximate surface area is 56.0 Å². The zero-order valence-electron chi connectivity index (χ0n) is 5.88. The lowest BCUT2D eigenvalue weighted by Gasteiger charge is -2.53. The molecule has 9 heavy (non-hydrogen) atoms. The Morgan fingerprint density at radius 1 is 1.22 bits per heavy atom. The van der Waals surface area contributed by atoms with Gasteiger partial charge in [0.2, 0.25) is 0 Å². The second-order valence-corrected chi connectivity index (χ2v) is 4.08. The van der Waals surface area contributed by atoms with E-state index in [2.05, 4.69) is 11.9 Å². The van der Waals surface area contributed by atoms with Crippen LogP contribution in [0.2, 0.25) is 0 Å². The molecule has 0 aromatic rings. The van der Waals surface area contributed by atoms with Gasteiger partial charge in [-0.2, -0.15) is 0 Å². The predicted molar refractivity (Wildman–Crippen MR) is 36.1 cm³/mol. The number of nitrogens with zero attached hydrogens (tertiary/aromatic N) is 1. The molecule has 3 fully saturated rings. The monoisotopic (exact) mass is 123 g/mol. The maximum Gasteiger partial charge on any atom is 0.0129 e. The van der Waals surface area contributed by atoms with Gasteiger partial charge in [0.15, 0.2) is 0 Å². The third-order valence-electron chi connectivity index (χ3n) is 3.77. The van der Waals surface area contributed by atoms with Gasteiger partial charge in [0.05, 0.1) is 0 Å². The fraction of sp³-hybridized carbons (Fsp3) is 1.00. The largest absolute Gasteiger partial charge is 0.303 e. The van der Waals surface area contributed by atoms with Gasteiger partial charge in [-0.05, 0) is 37.6 Å². The van der Waals surface area contributed by atoms with Crippen molar-refractivity contribution in [2.45, 2.75) is 18.9 Å². The number of hydrogen-bond acceptors (Lipinski definition) is 1. The van der Waals surface area contributed by atoms with Crippen LogP contribution < -0.4 is 0 Å². The van der Waals surface area contributed by atoms with Gasteiger partial charge in [-0.25, -0.2) is 0 Å². The van der Waals surface area contributed by atoms with Crippen LogP contribution in [-0.2, 0) is 0 Å². The van der Waals surface area contributed by atoms with Crippen LogP contribution >= 0.6 is 0 Å². The van der Waals surface area contributed by atoms with E-state index in [1.165, 1.54) is 18.9 Å². The first-order chi connectivity index (χ1) is 4.36. The molecule has 1 saturated heterocycles. The summed E-state index contributed by atoms with van der Waals surface area (Å²) < 4.78 is 0. The molecule has 0 spiro atoms. The lowest BCUT2D eigenvalue weighted by atomic mass is 9.53. The van der Waals surface area contributed by atoms with E-state index in [0.29, 0.717) is 0 Å². The maximum absolute atomic E-state index is 2.57. The Morgan fingerprint density at radius 2 is 2.11 bits per heavy atom. The van der Waals surface area contributed by atoms with Crippen LogP contribution in [0.3, 0.4) is 0 Å². The van der Waals surface area contributed by atoms with Gasteiger partial charge < -0.3 is 4.90 Å². The molecule has 0 aromatic carbocycles. The summed E-state index contributed by atoms with van der Waals surface area (Å²) >= 11 is 0. The van der Waals surface area contributed by atoms with E-state index < -0.39 is 0 Å². The molecule has 1 nitrogen and oxygen atoms in total. The van der Waals surface area contributed by atoms with Crippen molar-refractivity contribution in [1.29, 1.82) is 0 Å². The van der Waals surface area contributed by atoms with Crippen molar-refractivity contribution in [2.24, 2.45) is 17.8 Å². The topological polar surface area (TPSA) is 3.24 Å². The smallest absolute Gasteiger partial charge is 0.0129 e. The minimum atomic E-state index is 1.02. The number of rotatable bonds is 0. The molecule has 3 aliphatic rings. The molecule has 0 radical (unpaired) electrons. The van der Waals surface area contributed by atoms with E-state index in [9.17, 15) is 0 Å². The molecule has 1 heteroatoms. The lowest BCUT2D eigenvalue weighted by Crippen LogP contribution is -2.52. The van der Waals surface area contributed by atoms with Crippen molar-refractivity contribution >= 4 is 0 Å². The molecule has 50 valence electrons. The Hall–Kier alpha value is -0.0400. The Kier molecular flexibility index (Phi) is 0.628. The molecule has 3 unspecified atom stereocenters. The summed E-state index contributed by atoms with van der Waals surface area (Å²) in [5.41, 5.74) is 0. The zero-order chi connectivity index (χ0) is 6.01. The van der Waals surface area contributed by atoms with Crippen LogP contribution in [0, 0.1) is 17.8 Å². The van der Waals surface area contributed by atoms with Gasteiger partial charge in [0, 0.05) is 12.6 Å². The fourth-order valence-corrected chi connectivity index (χ4v) is 3.22. The van der Waals surface area contributed by atoms with Crippen molar-refractivity contribution in [3.05, 3.63) is 0 Å². The van der Waals surface area contributed by atoms with Gasteiger partial charge in [0.1, 0.15) is 0 Å². The highest BCUT2D eigenvalue weighted by Crippen LogP contribution is 2.60. The van der Waals surface area contributed by atoms with Gasteiger partial charge in [-0.1, -0.05) is 0 Å². The van der Waals surface area contributed by atoms with E-state index in [1.807, 2.05) is 0 Å². The third-order valence-corrected chi connectivity index (χ3v) is 3.77. The summed E-state index contributed by atoms with van der Waals surface area (Å²) in [7, 11) is 2.29. The normalized spacial score (nSPS) is 62.3. The first-order valence-electron chi connectivity index (χ1n) is 4.06. The molecular weight excluding hydrogens is 110 g/mol. The quantitative estimate of drug-likeness (QED) is 0.463. The van der Waals surface area contributed by atoms with Crippen molar-refractivity contribution < 1.29 is 0 Å². The highest BCUT2D eigenvalue weighted by atomic mass is 15.2. The first-order valence-corrected chi connectivity index (χ1v) is 4.06. The van der Waals surface area contributed by atoms with Gasteiger partial charge >= 0.3 is 0 Å². The Balaban J connectivity index is 1.93. The maximum atomic E-state index is 2.57. The average molecular weight is 123 g/mol. The Morgan fingerprint density at radius 3 is 2.67 bits per heavy atom. The van der Waals surface area contributed by atoms with Gasteiger partial charge in [-0.15, -0.1) is 0 Å². The summed E-state index contributed by atoms with van der Waals surface area (Å²) in [5.74, 6) is 3.46. The van der Waals surface area contributed by atoms with Gasteiger partial charge in [0.25, 0.3) is 0 Å². The molecule has 2 aliphatic carbocycles. The molecule has 2 saturated carbocycles. The molecule has 1 aliphatic heterocycles. The van der Waals surface area contributed by atoms with Crippen LogP contribution in [0.1, 0.15) is 12.8 Å². The molecule has 1 heterocycles. The van der Waals surface area contributed by atoms with Crippen LogP contribution in [0.5, 0.6) is 0 Å². The van der Waals surface area contributed by atoms with Crippen molar-refractivity contribution in [1.82, 2.24) is 4.90 Å². The summed E-state index contributed by atoms with van der Waals surface area (Å²) in [6.07, 6.45) is 3.09. The second-order valence-electron chi connectivity index (χ2n) is 4.08.